The number of benzene rings is 2. The summed E-state index contributed by atoms with van der Waals surface area (Å²) in [6.45, 7) is 3.68. The molecule has 0 bridgehead atoms. The van der Waals surface area contributed by atoms with Gasteiger partial charge >= 0.3 is 0 Å². The van der Waals surface area contributed by atoms with Crippen LogP contribution in [0.2, 0.25) is 5.02 Å². The molecule has 2 N–H and O–H groups in total. The first-order valence-corrected chi connectivity index (χ1v) is 6.34. The van der Waals surface area contributed by atoms with Gasteiger partial charge in [0.1, 0.15) is 17.3 Å². The van der Waals surface area contributed by atoms with Gasteiger partial charge in [-0.25, -0.2) is 4.39 Å². The Morgan fingerprint density at radius 1 is 1.21 bits per heavy atom. The summed E-state index contributed by atoms with van der Waals surface area (Å²) >= 11 is 5.96. The highest BCUT2D eigenvalue weighted by molar-refractivity contribution is 6.31. The van der Waals surface area contributed by atoms with Gasteiger partial charge < -0.3 is 10.5 Å². The summed E-state index contributed by atoms with van der Waals surface area (Å²) in [5.74, 6) is 0.875. The summed E-state index contributed by atoms with van der Waals surface area (Å²) in [6, 6.07) is 9.38. The lowest BCUT2D eigenvalue weighted by atomic mass is 10.1. The maximum Gasteiger partial charge on any atom is 0.132 e. The first kappa shape index (κ1) is 13.8. The SMILES string of the molecule is Cc1cc(Oc2ccc(F)cc2[C@@H](C)N)ccc1Cl. The minimum Gasteiger partial charge on any atom is -0.457 e. The topological polar surface area (TPSA) is 35.2 Å². The third kappa shape index (κ3) is 3.25. The van der Waals surface area contributed by atoms with Crippen LogP contribution in [-0.2, 0) is 0 Å². The van der Waals surface area contributed by atoms with E-state index in [1.165, 1.54) is 12.1 Å². The second kappa shape index (κ2) is 5.59. The molecule has 0 heterocycles. The fraction of sp³-hybridized carbons (Fsp3) is 0.200. The van der Waals surface area contributed by atoms with E-state index >= 15 is 0 Å². The Kier molecular flexibility index (Phi) is 4.08. The van der Waals surface area contributed by atoms with Crippen molar-refractivity contribution in [2.75, 3.05) is 0 Å². The van der Waals surface area contributed by atoms with Crippen LogP contribution in [0.5, 0.6) is 11.5 Å². The minimum absolute atomic E-state index is 0.306. The lowest BCUT2D eigenvalue weighted by molar-refractivity contribution is 0.469. The van der Waals surface area contributed by atoms with Crippen molar-refractivity contribution in [1.82, 2.24) is 0 Å². The van der Waals surface area contributed by atoms with Gasteiger partial charge in [0.15, 0.2) is 0 Å². The van der Waals surface area contributed by atoms with E-state index in [1.807, 2.05) is 13.0 Å². The molecule has 0 spiro atoms. The van der Waals surface area contributed by atoms with Crippen molar-refractivity contribution in [3.05, 3.63) is 58.4 Å². The van der Waals surface area contributed by atoms with Crippen molar-refractivity contribution in [2.24, 2.45) is 5.73 Å². The van der Waals surface area contributed by atoms with E-state index in [9.17, 15) is 4.39 Å². The van der Waals surface area contributed by atoms with Gasteiger partial charge in [-0.2, -0.15) is 0 Å². The van der Waals surface area contributed by atoms with Gasteiger partial charge in [-0.3, -0.25) is 0 Å². The minimum atomic E-state index is -0.327. The van der Waals surface area contributed by atoms with Crippen LogP contribution < -0.4 is 10.5 Å². The van der Waals surface area contributed by atoms with Gasteiger partial charge in [0.05, 0.1) is 0 Å². The smallest absolute Gasteiger partial charge is 0.132 e. The van der Waals surface area contributed by atoms with Crippen molar-refractivity contribution in [3.63, 3.8) is 0 Å². The molecular formula is C15H15ClFNO. The summed E-state index contributed by atoms with van der Waals surface area (Å²) in [5, 5.41) is 0.680. The average Bonchev–Trinajstić information content (AvgIpc) is 2.36. The summed E-state index contributed by atoms with van der Waals surface area (Å²) in [7, 11) is 0. The van der Waals surface area contributed by atoms with Crippen LogP contribution in [0.15, 0.2) is 36.4 Å². The molecule has 4 heteroatoms. The Bertz CT molecular complexity index is 599. The molecule has 1 atom stereocenters. The largest absolute Gasteiger partial charge is 0.457 e. The zero-order chi connectivity index (χ0) is 14.0. The molecule has 0 radical (unpaired) electrons. The Labute approximate surface area is 117 Å². The highest BCUT2D eigenvalue weighted by Crippen LogP contribution is 2.31. The number of ether oxygens (including phenoxy) is 1. The highest BCUT2D eigenvalue weighted by atomic mass is 35.5. The van der Waals surface area contributed by atoms with Crippen LogP contribution in [-0.4, -0.2) is 0 Å². The molecule has 19 heavy (non-hydrogen) atoms. The number of aryl methyl sites for hydroxylation is 1. The van der Waals surface area contributed by atoms with E-state index in [0.29, 0.717) is 22.1 Å². The monoisotopic (exact) mass is 279 g/mol. The highest BCUT2D eigenvalue weighted by Gasteiger charge is 2.11. The zero-order valence-electron chi connectivity index (χ0n) is 10.8. The van der Waals surface area contributed by atoms with Gasteiger partial charge in [0, 0.05) is 16.6 Å². The molecule has 2 aromatic carbocycles. The normalized spacial score (nSPS) is 12.3. The van der Waals surface area contributed by atoms with Crippen molar-refractivity contribution in [3.8, 4) is 11.5 Å². The fourth-order valence-corrected chi connectivity index (χ4v) is 1.89. The number of halogens is 2. The molecule has 0 fully saturated rings. The standard InChI is InChI=1S/C15H15ClFNO/c1-9-7-12(4-5-14(9)16)19-15-6-3-11(17)8-13(15)10(2)18/h3-8,10H,18H2,1-2H3/t10-/m1/s1. The Balaban J connectivity index is 2.35. The fourth-order valence-electron chi connectivity index (χ4n) is 1.78. The molecule has 0 saturated heterocycles. The molecule has 0 aliphatic rings. The van der Waals surface area contributed by atoms with Gasteiger partial charge in [-0.15, -0.1) is 0 Å². The predicted molar refractivity (Wildman–Crippen MR) is 75.3 cm³/mol. The van der Waals surface area contributed by atoms with E-state index in [1.54, 1.807) is 25.1 Å². The van der Waals surface area contributed by atoms with E-state index in [4.69, 9.17) is 22.1 Å². The number of rotatable bonds is 3. The molecule has 2 rings (SSSR count). The summed E-state index contributed by atoms with van der Waals surface area (Å²) < 4.78 is 19.0. The second-order valence-electron chi connectivity index (χ2n) is 4.48. The molecule has 2 nitrogen and oxygen atoms in total. The quantitative estimate of drug-likeness (QED) is 0.891. The van der Waals surface area contributed by atoms with E-state index < -0.39 is 0 Å². The summed E-state index contributed by atoms with van der Waals surface area (Å²) in [4.78, 5) is 0. The Morgan fingerprint density at radius 3 is 2.58 bits per heavy atom. The third-order valence-electron chi connectivity index (χ3n) is 2.82. The Morgan fingerprint density at radius 2 is 1.95 bits per heavy atom. The lowest BCUT2D eigenvalue weighted by Gasteiger charge is -2.14. The van der Waals surface area contributed by atoms with Gasteiger partial charge in [-0.05, 0) is 55.8 Å². The zero-order valence-corrected chi connectivity index (χ0v) is 11.5. The average molecular weight is 280 g/mol. The van der Waals surface area contributed by atoms with E-state index in [2.05, 4.69) is 0 Å². The molecule has 0 amide bonds. The summed E-state index contributed by atoms with van der Waals surface area (Å²) in [6.07, 6.45) is 0. The van der Waals surface area contributed by atoms with Crippen LogP contribution in [0.1, 0.15) is 24.1 Å². The molecule has 0 aliphatic carbocycles. The lowest BCUT2D eigenvalue weighted by Crippen LogP contribution is -2.07. The van der Waals surface area contributed by atoms with Crippen molar-refractivity contribution < 1.29 is 9.13 Å². The predicted octanol–water partition coefficient (Wildman–Crippen LogP) is 4.60. The maximum absolute atomic E-state index is 13.2. The van der Waals surface area contributed by atoms with Crippen LogP contribution in [0.3, 0.4) is 0 Å². The first-order valence-electron chi connectivity index (χ1n) is 5.96. The van der Waals surface area contributed by atoms with Crippen molar-refractivity contribution in [2.45, 2.75) is 19.9 Å². The number of nitrogens with two attached hydrogens (primary N) is 1. The Hall–Kier alpha value is -1.58. The molecule has 0 aliphatic heterocycles. The first-order chi connectivity index (χ1) is 8.97. The maximum atomic E-state index is 13.2. The molecule has 0 aromatic heterocycles. The number of hydrogen-bond acceptors (Lipinski definition) is 2. The van der Waals surface area contributed by atoms with Crippen LogP contribution >= 0.6 is 11.6 Å². The summed E-state index contributed by atoms with van der Waals surface area (Å²) in [5.41, 5.74) is 7.38. The van der Waals surface area contributed by atoms with E-state index in [0.717, 1.165) is 5.56 Å². The molecule has 0 saturated carbocycles. The van der Waals surface area contributed by atoms with Gasteiger partial charge in [0.2, 0.25) is 0 Å². The van der Waals surface area contributed by atoms with Crippen LogP contribution in [0, 0.1) is 12.7 Å². The molecular weight excluding hydrogens is 265 g/mol. The van der Waals surface area contributed by atoms with Crippen molar-refractivity contribution in [1.29, 1.82) is 0 Å². The van der Waals surface area contributed by atoms with E-state index in [-0.39, 0.29) is 11.9 Å². The van der Waals surface area contributed by atoms with Crippen LogP contribution in [0.25, 0.3) is 0 Å². The van der Waals surface area contributed by atoms with Gasteiger partial charge in [0.25, 0.3) is 0 Å². The van der Waals surface area contributed by atoms with Crippen LogP contribution in [0.4, 0.5) is 4.39 Å². The third-order valence-corrected chi connectivity index (χ3v) is 3.24. The molecule has 100 valence electrons. The second-order valence-corrected chi connectivity index (χ2v) is 4.89. The number of hydrogen-bond donors (Lipinski definition) is 1. The molecule has 0 unspecified atom stereocenters. The molecule has 2 aromatic rings. The van der Waals surface area contributed by atoms with Gasteiger partial charge in [-0.1, -0.05) is 11.6 Å². The van der Waals surface area contributed by atoms with Crippen molar-refractivity contribution >= 4 is 11.6 Å².